The van der Waals surface area contributed by atoms with Gasteiger partial charge in [-0.25, -0.2) is 0 Å². The van der Waals surface area contributed by atoms with Gasteiger partial charge in [0.25, 0.3) is 0 Å². The molecule has 0 amide bonds. The van der Waals surface area contributed by atoms with E-state index in [-0.39, 0.29) is 0 Å². The third-order valence-corrected chi connectivity index (χ3v) is 3.55. The van der Waals surface area contributed by atoms with Crippen LogP contribution < -0.4 is 5.32 Å². The molecular formula is C13H15BrClN3O. The molecule has 1 aromatic carbocycles. The van der Waals surface area contributed by atoms with E-state index in [0.29, 0.717) is 16.8 Å². The van der Waals surface area contributed by atoms with Crippen LogP contribution in [0.3, 0.4) is 0 Å². The van der Waals surface area contributed by atoms with Crippen LogP contribution in [0.5, 0.6) is 0 Å². The van der Waals surface area contributed by atoms with Crippen molar-refractivity contribution in [2.45, 2.75) is 19.8 Å². The Kier molecular flexibility index (Phi) is 5.36. The average Bonchev–Trinajstić information content (AvgIpc) is 2.86. The smallest absolute Gasteiger partial charge is 0.248 e. The van der Waals surface area contributed by atoms with E-state index in [9.17, 15) is 0 Å². The molecule has 2 aromatic rings. The van der Waals surface area contributed by atoms with E-state index >= 15 is 0 Å². The predicted molar refractivity (Wildman–Crippen MR) is 79.3 cm³/mol. The van der Waals surface area contributed by atoms with Gasteiger partial charge in [0.2, 0.25) is 11.8 Å². The van der Waals surface area contributed by atoms with Crippen LogP contribution in [0.15, 0.2) is 27.1 Å². The molecule has 0 saturated carbocycles. The van der Waals surface area contributed by atoms with Crippen LogP contribution in [-0.4, -0.2) is 23.3 Å². The summed E-state index contributed by atoms with van der Waals surface area (Å²) in [4.78, 5) is 0. The normalized spacial score (nSPS) is 10.9. The highest BCUT2D eigenvalue weighted by Gasteiger charge is 2.12. The van der Waals surface area contributed by atoms with Crippen molar-refractivity contribution >= 4 is 27.5 Å². The second-order valence-corrected chi connectivity index (χ2v) is 5.37. The largest absolute Gasteiger partial charge is 0.421 e. The molecule has 0 aliphatic rings. The topological polar surface area (TPSA) is 51.0 Å². The second-order valence-electron chi connectivity index (χ2n) is 4.08. The van der Waals surface area contributed by atoms with Crippen molar-refractivity contribution in [3.8, 4) is 11.5 Å². The molecule has 0 aliphatic carbocycles. The Hall–Kier alpha value is -0.910. The zero-order valence-electron chi connectivity index (χ0n) is 10.6. The molecular weight excluding hydrogens is 330 g/mol. The maximum absolute atomic E-state index is 5.97. The molecule has 0 saturated heterocycles. The number of hydrogen-bond donors (Lipinski definition) is 1. The minimum absolute atomic E-state index is 0.493. The highest BCUT2D eigenvalue weighted by atomic mass is 79.9. The van der Waals surface area contributed by atoms with Crippen LogP contribution in [-0.2, 0) is 6.42 Å². The van der Waals surface area contributed by atoms with Gasteiger partial charge in [-0.1, -0.05) is 18.5 Å². The fourth-order valence-corrected chi connectivity index (χ4v) is 2.25. The fourth-order valence-electron chi connectivity index (χ4n) is 1.67. The lowest BCUT2D eigenvalue weighted by Crippen LogP contribution is -2.14. The van der Waals surface area contributed by atoms with Gasteiger partial charge in [-0.2, -0.15) is 0 Å². The third kappa shape index (κ3) is 4.03. The van der Waals surface area contributed by atoms with E-state index in [1.807, 2.05) is 18.2 Å². The molecule has 0 bridgehead atoms. The van der Waals surface area contributed by atoms with Crippen LogP contribution in [0.2, 0.25) is 5.02 Å². The zero-order chi connectivity index (χ0) is 13.7. The van der Waals surface area contributed by atoms with Crippen LogP contribution in [0.4, 0.5) is 0 Å². The van der Waals surface area contributed by atoms with Gasteiger partial charge < -0.3 is 9.73 Å². The summed E-state index contributed by atoms with van der Waals surface area (Å²) in [5, 5.41) is 12.0. The van der Waals surface area contributed by atoms with Crippen molar-refractivity contribution in [3.05, 3.63) is 33.6 Å². The summed E-state index contributed by atoms with van der Waals surface area (Å²) >= 11 is 9.43. The minimum Gasteiger partial charge on any atom is -0.421 e. The molecule has 6 heteroatoms. The van der Waals surface area contributed by atoms with Crippen molar-refractivity contribution in [1.29, 1.82) is 0 Å². The van der Waals surface area contributed by atoms with Crippen LogP contribution in [0.1, 0.15) is 19.2 Å². The number of aromatic nitrogens is 2. The van der Waals surface area contributed by atoms with Gasteiger partial charge in [0, 0.05) is 15.9 Å². The van der Waals surface area contributed by atoms with Crippen molar-refractivity contribution in [1.82, 2.24) is 15.5 Å². The Morgan fingerprint density at radius 3 is 3.00 bits per heavy atom. The molecule has 0 spiro atoms. The molecule has 0 unspecified atom stereocenters. The Labute approximate surface area is 125 Å². The molecule has 1 heterocycles. The van der Waals surface area contributed by atoms with Crippen LogP contribution >= 0.6 is 27.5 Å². The zero-order valence-corrected chi connectivity index (χ0v) is 13.0. The van der Waals surface area contributed by atoms with Crippen LogP contribution in [0.25, 0.3) is 11.5 Å². The summed E-state index contributed by atoms with van der Waals surface area (Å²) in [7, 11) is 0. The van der Waals surface area contributed by atoms with E-state index < -0.39 is 0 Å². The number of aryl methyl sites for hydroxylation is 1. The van der Waals surface area contributed by atoms with Gasteiger partial charge >= 0.3 is 0 Å². The first-order valence-electron chi connectivity index (χ1n) is 6.19. The van der Waals surface area contributed by atoms with Gasteiger partial charge in [0.15, 0.2) is 0 Å². The van der Waals surface area contributed by atoms with Crippen molar-refractivity contribution in [2.75, 3.05) is 13.1 Å². The monoisotopic (exact) mass is 343 g/mol. The van der Waals surface area contributed by atoms with E-state index in [2.05, 4.69) is 38.4 Å². The summed E-state index contributed by atoms with van der Waals surface area (Å²) in [5.41, 5.74) is 0.818. The molecule has 0 aliphatic heterocycles. The van der Waals surface area contributed by atoms with Crippen molar-refractivity contribution in [2.24, 2.45) is 0 Å². The quantitative estimate of drug-likeness (QED) is 0.812. The van der Waals surface area contributed by atoms with Gasteiger partial charge in [0.1, 0.15) is 0 Å². The lowest BCUT2D eigenvalue weighted by Gasteiger charge is -2.00. The Morgan fingerprint density at radius 2 is 2.21 bits per heavy atom. The first-order chi connectivity index (χ1) is 9.20. The number of benzene rings is 1. The molecule has 4 nitrogen and oxygen atoms in total. The summed E-state index contributed by atoms with van der Waals surface area (Å²) in [6, 6.07) is 5.48. The first-order valence-corrected chi connectivity index (χ1v) is 7.36. The summed E-state index contributed by atoms with van der Waals surface area (Å²) < 4.78 is 6.54. The molecule has 2 rings (SSSR count). The lowest BCUT2D eigenvalue weighted by molar-refractivity contribution is 0.492. The molecule has 0 fully saturated rings. The molecule has 102 valence electrons. The minimum atomic E-state index is 0.493. The van der Waals surface area contributed by atoms with Crippen molar-refractivity contribution in [3.63, 3.8) is 0 Å². The molecule has 1 N–H and O–H groups in total. The number of hydrogen-bond acceptors (Lipinski definition) is 4. The standard InChI is InChI=1S/C13H15BrClN3O/c1-2-16-7-3-4-12-17-18-13(19-12)10-8-9(15)5-6-11(10)14/h5-6,8,16H,2-4,7H2,1H3. The number of nitrogens with one attached hydrogen (secondary N) is 1. The Balaban J connectivity index is 2.06. The van der Waals surface area contributed by atoms with E-state index in [1.54, 1.807) is 0 Å². The molecule has 0 atom stereocenters. The van der Waals surface area contributed by atoms with E-state index in [1.165, 1.54) is 0 Å². The van der Waals surface area contributed by atoms with Gasteiger partial charge in [-0.3, -0.25) is 0 Å². The number of halogens is 2. The average molecular weight is 345 g/mol. The Bertz CT molecular complexity index is 544. The second kappa shape index (κ2) is 7.03. The lowest BCUT2D eigenvalue weighted by atomic mass is 10.2. The van der Waals surface area contributed by atoms with Crippen molar-refractivity contribution < 1.29 is 4.42 Å². The summed E-state index contributed by atoms with van der Waals surface area (Å²) in [6.07, 6.45) is 1.75. The predicted octanol–water partition coefficient (Wildman–Crippen LogP) is 3.69. The van der Waals surface area contributed by atoms with E-state index in [0.717, 1.165) is 36.0 Å². The summed E-state index contributed by atoms with van der Waals surface area (Å²) in [6.45, 7) is 4.01. The van der Waals surface area contributed by atoms with Gasteiger partial charge in [0.05, 0.1) is 5.56 Å². The SMILES string of the molecule is CCNCCCc1nnc(-c2cc(Cl)ccc2Br)o1. The molecule has 0 radical (unpaired) electrons. The maximum atomic E-state index is 5.97. The number of rotatable bonds is 6. The number of nitrogens with zero attached hydrogens (tertiary/aromatic N) is 2. The van der Waals surface area contributed by atoms with Gasteiger partial charge in [-0.05, 0) is 53.6 Å². The Morgan fingerprint density at radius 1 is 1.37 bits per heavy atom. The van der Waals surface area contributed by atoms with Crippen LogP contribution in [0, 0.1) is 0 Å². The maximum Gasteiger partial charge on any atom is 0.248 e. The highest BCUT2D eigenvalue weighted by Crippen LogP contribution is 2.29. The first kappa shape index (κ1) is 14.5. The third-order valence-electron chi connectivity index (χ3n) is 2.62. The highest BCUT2D eigenvalue weighted by molar-refractivity contribution is 9.10. The van der Waals surface area contributed by atoms with E-state index in [4.69, 9.17) is 16.0 Å². The summed E-state index contributed by atoms with van der Waals surface area (Å²) in [5.74, 6) is 1.15. The fraction of sp³-hybridized carbons (Fsp3) is 0.385. The molecule has 19 heavy (non-hydrogen) atoms. The molecule has 1 aromatic heterocycles. The van der Waals surface area contributed by atoms with Gasteiger partial charge in [-0.15, -0.1) is 10.2 Å².